The number of carbonyl (C=O) groups is 1. The van der Waals surface area contributed by atoms with Crippen molar-refractivity contribution in [2.24, 2.45) is 0 Å². The molecule has 2 saturated heterocycles. The molecule has 4 nitrogen and oxygen atoms in total. The van der Waals surface area contributed by atoms with Crippen molar-refractivity contribution in [2.75, 3.05) is 18.6 Å². The highest BCUT2D eigenvalue weighted by molar-refractivity contribution is 6.09. The zero-order valence-electron chi connectivity index (χ0n) is 14.2. The van der Waals surface area contributed by atoms with E-state index in [0.717, 1.165) is 29.8 Å². The fourth-order valence-corrected chi connectivity index (χ4v) is 3.69. The van der Waals surface area contributed by atoms with Gasteiger partial charge in [0.2, 0.25) is 0 Å². The molecule has 128 valence electrons. The van der Waals surface area contributed by atoms with E-state index in [1.54, 1.807) is 7.11 Å². The van der Waals surface area contributed by atoms with Crippen molar-refractivity contribution in [1.82, 2.24) is 0 Å². The lowest BCUT2D eigenvalue weighted by atomic mass is 9.79. The Labute approximate surface area is 147 Å². The third-order valence-corrected chi connectivity index (χ3v) is 5.01. The number of carbonyl (C=O) groups excluding carboxylic acids is 1. The normalized spacial score (nSPS) is 25.6. The molecule has 0 saturated carbocycles. The van der Waals surface area contributed by atoms with Gasteiger partial charge in [-0.2, -0.15) is 0 Å². The molecular weight excluding hydrogens is 314 g/mol. The van der Waals surface area contributed by atoms with Crippen LogP contribution in [0.5, 0.6) is 5.75 Å². The summed E-state index contributed by atoms with van der Waals surface area (Å²) < 4.78 is 11.1. The van der Waals surface area contributed by atoms with Gasteiger partial charge in [0.25, 0.3) is 5.91 Å². The van der Waals surface area contributed by atoms with E-state index in [1.807, 2.05) is 47.4 Å². The standard InChI is InChI=1S/C21H21NO3/c1-24-18-11-9-17(10-12-18)22-19(13-8-16-6-3-2-4-7-16)21(20(22)23)14-5-15-25-21/h2-4,6-13,19H,5,14-15H2,1H3/b13-8+/t19-,21+/m1/s1. The summed E-state index contributed by atoms with van der Waals surface area (Å²) in [6.07, 6.45) is 5.86. The van der Waals surface area contributed by atoms with E-state index in [1.165, 1.54) is 0 Å². The molecule has 0 radical (unpaired) electrons. The largest absolute Gasteiger partial charge is 0.497 e. The molecule has 2 fully saturated rings. The summed E-state index contributed by atoms with van der Waals surface area (Å²) in [5.41, 5.74) is 1.30. The van der Waals surface area contributed by atoms with Gasteiger partial charge in [0, 0.05) is 12.3 Å². The zero-order valence-corrected chi connectivity index (χ0v) is 14.2. The Kier molecular flexibility index (Phi) is 4.06. The number of ether oxygens (including phenoxy) is 2. The summed E-state index contributed by atoms with van der Waals surface area (Å²) >= 11 is 0. The highest BCUT2D eigenvalue weighted by atomic mass is 16.5. The summed E-state index contributed by atoms with van der Waals surface area (Å²) in [7, 11) is 1.64. The number of hydrogen-bond donors (Lipinski definition) is 0. The Balaban J connectivity index is 1.65. The van der Waals surface area contributed by atoms with Gasteiger partial charge < -0.3 is 9.47 Å². The number of anilines is 1. The molecule has 0 N–H and O–H groups in total. The molecule has 2 aromatic rings. The van der Waals surface area contributed by atoms with Gasteiger partial charge in [0.1, 0.15) is 5.75 Å². The maximum atomic E-state index is 12.9. The lowest BCUT2D eigenvalue weighted by Crippen LogP contribution is -2.73. The molecule has 1 spiro atoms. The SMILES string of the molecule is COc1ccc(N2C(=O)[C@]3(CCCO3)[C@H]2/C=C/c2ccccc2)cc1. The minimum atomic E-state index is -0.689. The Bertz CT molecular complexity index is 777. The smallest absolute Gasteiger partial charge is 0.262 e. The molecule has 0 bridgehead atoms. The van der Waals surface area contributed by atoms with Crippen molar-refractivity contribution < 1.29 is 14.3 Å². The second-order valence-corrected chi connectivity index (χ2v) is 6.43. The summed E-state index contributed by atoms with van der Waals surface area (Å²) in [6, 6.07) is 17.6. The van der Waals surface area contributed by atoms with E-state index in [9.17, 15) is 4.79 Å². The number of rotatable bonds is 4. The topological polar surface area (TPSA) is 38.8 Å². The molecular formula is C21H21NO3. The average molecular weight is 335 g/mol. The number of methoxy groups -OCH3 is 1. The van der Waals surface area contributed by atoms with Crippen molar-refractivity contribution in [3.8, 4) is 5.75 Å². The van der Waals surface area contributed by atoms with E-state index in [-0.39, 0.29) is 11.9 Å². The number of nitrogens with zero attached hydrogens (tertiary/aromatic N) is 1. The van der Waals surface area contributed by atoms with Crippen molar-refractivity contribution >= 4 is 17.7 Å². The van der Waals surface area contributed by atoms with Crippen LogP contribution in [0.15, 0.2) is 60.7 Å². The van der Waals surface area contributed by atoms with Gasteiger partial charge >= 0.3 is 0 Å². The first-order chi connectivity index (χ1) is 12.2. The van der Waals surface area contributed by atoms with Crippen LogP contribution in [0.4, 0.5) is 5.69 Å². The van der Waals surface area contributed by atoms with Gasteiger partial charge in [0.15, 0.2) is 5.60 Å². The van der Waals surface area contributed by atoms with Crippen LogP contribution in [-0.4, -0.2) is 31.3 Å². The quantitative estimate of drug-likeness (QED) is 0.800. The first-order valence-corrected chi connectivity index (χ1v) is 8.59. The summed E-state index contributed by atoms with van der Waals surface area (Å²) in [5, 5.41) is 0. The molecule has 1 amide bonds. The fraction of sp³-hybridized carbons (Fsp3) is 0.286. The van der Waals surface area contributed by atoms with Gasteiger partial charge in [0.05, 0.1) is 13.2 Å². The van der Waals surface area contributed by atoms with Gasteiger partial charge in [-0.25, -0.2) is 0 Å². The number of β-lactam (4-membered cyclic amide) rings is 1. The van der Waals surface area contributed by atoms with Crippen LogP contribution in [-0.2, 0) is 9.53 Å². The lowest BCUT2D eigenvalue weighted by molar-refractivity contribution is -0.152. The van der Waals surface area contributed by atoms with E-state index >= 15 is 0 Å². The van der Waals surface area contributed by atoms with E-state index in [4.69, 9.17) is 9.47 Å². The van der Waals surface area contributed by atoms with E-state index < -0.39 is 5.60 Å². The van der Waals surface area contributed by atoms with Gasteiger partial charge in [-0.15, -0.1) is 0 Å². The third-order valence-electron chi connectivity index (χ3n) is 5.01. The molecule has 0 aliphatic carbocycles. The van der Waals surface area contributed by atoms with E-state index in [2.05, 4.69) is 24.3 Å². The molecule has 2 aliphatic heterocycles. The first-order valence-electron chi connectivity index (χ1n) is 8.59. The zero-order chi connectivity index (χ0) is 17.3. The summed E-state index contributed by atoms with van der Waals surface area (Å²) in [4.78, 5) is 14.7. The van der Waals surface area contributed by atoms with Crippen molar-refractivity contribution in [3.05, 3.63) is 66.2 Å². The third kappa shape index (κ3) is 2.63. The fourth-order valence-electron chi connectivity index (χ4n) is 3.69. The van der Waals surface area contributed by atoms with Crippen molar-refractivity contribution in [1.29, 1.82) is 0 Å². The summed E-state index contributed by atoms with van der Waals surface area (Å²) in [6.45, 7) is 0.651. The molecule has 2 aliphatic rings. The minimum absolute atomic E-state index is 0.0536. The summed E-state index contributed by atoms with van der Waals surface area (Å²) in [5.74, 6) is 0.831. The van der Waals surface area contributed by atoms with Gasteiger partial charge in [-0.05, 0) is 42.7 Å². The molecule has 4 heteroatoms. The molecule has 4 rings (SSSR count). The average Bonchev–Trinajstić information content (AvgIpc) is 3.18. The maximum Gasteiger partial charge on any atom is 0.262 e. The number of benzene rings is 2. The highest BCUT2D eigenvalue weighted by Crippen LogP contribution is 2.45. The van der Waals surface area contributed by atoms with Crippen LogP contribution in [0.2, 0.25) is 0 Å². The van der Waals surface area contributed by atoms with Crippen molar-refractivity contribution in [3.63, 3.8) is 0 Å². The van der Waals surface area contributed by atoms with Crippen LogP contribution in [0.25, 0.3) is 6.08 Å². The van der Waals surface area contributed by atoms with Crippen LogP contribution in [0, 0.1) is 0 Å². The molecule has 0 unspecified atom stereocenters. The molecule has 0 aromatic heterocycles. The van der Waals surface area contributed by atoms with Crippen LogP contribution in [0.3, 0.4) is 0 Å². The highest BCUT2D eigenvalue weighted by Gasteiger charge is 2.62. The van der Waals surface area contributed by atoms with E-state index in [0.29, 0.717) is 6.61 Å². The number of hydrogen-bond acceptors (Lipinski definition) is 3. The molecule has 2 atom stereocenters. The molecule has 2 heterocycles. The first kappa shape index (κ1) is 15.9. The van der Waals surface area contributed by atoms with Crippen LogP contribution < -0.4 is 9.64 Å². The second-order valence-electron chi connectivity index (χ2n) is 6.43. The van der Waals surface area contributed by atoms with Crippen LogP contribution in [0.1, 0.15) is 18.4 Å². The second kappa shape index (κ2) is 6.37. The number of amides is 1. The molecule has 2 aromatic carbocycles. The predicted octanol–water partition coefficient (Wildman–Crippen LogP) is 3.67. The van der Waals surface area contributed by atoms with Crippen LogP contribution >= 0.6 is 0 Å². The lowest BCUT2D eigenvalue weighted by Gasteiger charge is -2.52. The van der Waals surface area contributed by atoms with Crippen molar-refractivity contribution in [2.45, 2.75) is 24.5 Å². The Morgan fingerprint density at radius 3 is 2.56 bits per heavy atom. The Morgan fingerprint density at radius 2 is 1.92 bits per heavy atom. The van der Waals surface area contributed by atoms with Gasteiger partial charge in [-0.1, -0.05) is 42.5 Å². The maximum absolute atomic E-state index is 12.9. The monoisotopic (exact) mass is 335 g/mol. The Hall–Kier alpha value is -2.59. The molecule has 25 heavy (non-hydrogen) atoms. The van der Waals surface area contributed by atoms with Gasteiger partial charge in [-0.3, -0.25) is 9.69 Å². The predicted molar refractivity (Wildman–Crippen MR) is 97.7 cm³/mol. The Morgan fingerprint density at radius 1 is 1.16 bits per heavy atom. The minimum Gasteiger partial charge on any atom is -0.497 e.